The molecule has 4 heteroatoms. The van der Waals surface area contributed by atoms with E-state index in [2.05, 4.69) is 15.9 Å². The fraction of sp³-hybridized carbons (Fsp3) is 0.188. The zero-order valence-corrected chi connectivity index (χ0v) is 13.6. The van der Waals surface area contributed by atoms with Crippen molar-refractivity contribution in [2.75, 3.05) is 7.11 Å². The van der Waals surface area contributed by atoms with E-state index in [4.69, 9.17) is 16.3 Å². The lowest BCUT2D eigenvalue weighted by molar-refractivity contribution is 0.0992. The van der Waals surface area contributed by atoms with E-state index in [9.17, 15) is 4.79 Å². The van der Waals surface area contributed by atoms with Gasteiger partial charge in [-0.25, -0.2) is 0 Å². The van der Waals surface area contributed by atoms with Gasteiger partial charge in [0.05, 0.1) is 12.1 Å². The van der Waals surface area contributed by atoms with Gasteiger partial charge < -0.3 is 4.74 Å². The van der Waals surface area contributed by atoms with E-state index in [0.717, 1.165) is 15.6 Å². The SMILES string of the molecule is COc1ccc(Br)cc1CC(=O)c1ccc(C)cc1Cl. The first-order valence-electron chi connectivity index (χ1n) is 6.13. The Morgan fingerprint density at radius 1 is 1.25 bits per heavy atom. The molecule has 0 radical (unpaired) electrons. The molecule has 0 heterocycles. The van der Waals surface area contributed by atoms with Crippen molar-refractivity contribution in [1.82, 2.24) is 0 Å². The molecule has 0 atom stereocenters. The number of carbonyl (C=O) groups is 1. The quantitative estimate of drug-likeness (QED) is 0.735. The molecule has 2 rings (SSSR count). The number of aryl methyl sites for hydroxylation is 1. The highest BCUT2D eigenvalue weighted by molar-refractivity contribution is 9.10. The minimum absolute atomic E-state index is 0.0219. The van der Waals surface area contributed by atoms with E-state index in [1.807, 2.05) is 31.2 Å². The van der Waals surface area contributed by atoms with E-state index >= 15 is 0 Å². The van der Waals surface area contributed by atoms with Crippen molar-refractivity contribution in [1.29, 1.82) is 0 Å². The summed E-state index contributed by atoms with van der Waals surface area (Å²) in [7, 11) is 1.59. The number of ether oxygens (including phenoxy) is 1. The Morgan fingerprint density at radius 2 is 2.00 bits per heavy atom. The molecule has 0 spiro atoms. The van der Waals surface area contributed by atoms with Gasteiger partial charge in [0.1, 0.15) is 5.75 Å². The molecule has 0 aromatic heterocycles. The highest BCUT2D eigenvalue weighted by atomic mass is 79.9. The fourth-order valence-electron chi connectivity index (χ4n) is 2.00. The predicted octanol–water partition coefficient (Wildman–Crippen LogP) is 4.84. The van der Waals surface area contributed by atoms with E-state index in [1.165, 1.54) is 0 Å². The van der Waals surface area contributed by atoms with Crippen LogP contribution in [0.4, 0.5) is 0 Å². The number of methoxy groups -OCH3 is 1. The van der Waals surface area contributed by atoms with Crippen molar-refractivity contribution in [2.45, 2.75) is 13.3 Å². The Bertz CT molecular complexity index is 653. The van der Waals surface area contributed by atoms with Gasteiger partial charge in [0, 0.05) is 22.0 Å². The number of hydrogen-bond donors (Lipinski definition) is 0. The summed E-state index contributed by atoms with van der Waals surface area (Å²) < 4.78 is 6.19. The van der Waals surface area contributed by atoms with Crippen molar-refractivity contribution in [2.24, 2.45) is 0 Å². The minimum atomic E-state index is -0.0219. The lowest BCUT2D eigenvalue weighted by atomic mass is 10.0. The zero-order chi connectivity index (χ0) is 14.7. The molecule has 0 aliphatic heterocycles. The van der Waals surface area contributed by atoms with Crippen molar-refractivity contribution in [3.05, 3.63) is 62.6 Å². The molecule has 0 aliphatic rings. The Hall–Kier alpha value is -1.32. The molecule has 0 amide bonds. The molecule has 2 nitrogen and oxygen atoms in total. The second-order valence-corrected chi connectivity index (χ2v) is 5.86. The van der Waals surface area contributed by atoms with Crippen LogP contribution in [0, 0.1) is 6.92 Å². The molecule has 0 bridgehead atoms. The molecular formula is C16H14BrClO2. The lowest BCUT2D eigenvalue weighted by Gasteiger charge is -2.09. The third kappa shape index (κ3) is 3.41. The molecule has 0 N–H and O–H groups in total. The summed E-state index contributed by atoms with van der Waals surface area (Å²) in [5, 5.41) is 0.490. The molecule has 104 valence electrons. The Kier molecular flexibility index (Phi) is 4.84. The number of carbonyl (C=O) groups excluding carboxylic acids is 1. The van der Waals surface area contributed by atoms with Crippen molar-refractivity contribution >= 4 is 33.3 Å². The number of ketones is 1. The van der Waals surface area contributed by atoms with Crippen LogP contribution in [-0.2, 0) is 6.42 Å². The molecule has 2 aromatic rings. The van der Waals surface area contributed by atoms with Crippen LogP contribution in [0.3, 0.4) is 0 Å². The van der Waals surface area contributed by atoms with Gasteiger partial charge in [-0.15, -0.1) is 0 Å². The van der Waals surface area contributed by atoms with Gasteiger partial charge in [0.25, 0.3) is 0 Å². The number of benzene rings is 2. The van der Waals surface area contributed by atoms with Crippen LogP contribution < -0.4 is 4.74 Å². The molecule has 0 unspecified atom stereocenters. The largest absolute Gasteiger partial charge is 0.496 e. The summed E-state index contributed by atoms with van der Waals surface area (Å²) >= 11 is 9.54. The van der Waals surface area contributed by atoms with Crippen LogP contribution in [-0.4, -0.2) is 12.9 Å². The van der Waals surface area contributed by atoms with E-state index in [-0.39, 0.29) is 12.2 Å². The molecule has 20 heavy (non-hydrogen) atoms. The number of Topliss-reactive ketones (excluding diaryl/α,β-unsaturated/α-hetero) is 1. The molecule has 0 aliphatic carbocycles. The first-order valence-corrected chi connectivity index (χ1v) is 7.30. The third-order valence-electron chi connectivity index (χ3n) is 3.02. The maximum atomic E-state index is 12.4. The van der Waals surface area contributed by atoms with Crippen molar-refractivity contribution in [3.8, 4) is 5.75 Å². The molecule has 0 fully saturated rings. The normalized spacial score (nSPS) is 10.4. The number of hydrogen-bond acceptors (Lipinski definition) is 2. The highest BCUT2D eigenvalue weighted by Crippen LogP contribution is 2.26. The summed E-state index contributed by atoms with van der Waals surface area (Å²) in [5.41, 5.74) is 2.41. The molecule has 0 saturated carbocycles. The first-order chi connectivity index (χ1) is 9.51. The van der Waals surface area contributed by atoms with Gasteiger partial charge in [0.15, 0.2) is 5.78 Å². The van der Waals surface area contributed by atoms with Gasteiger partial charge in [0.2, 0.25) is 0 Å². The van der Waals surface area contributed by atoms with Crippen molar-refractivity contribution in [3.63, 3.8) is 0 Å². The van der Waals surface area contributed by atoms with Crippen LogP contribution in [0.1, 0.15) is 21.5 Å². The summed E-state index contributed by atoms with van der Waals surface area (Å²) in [4.78, 5) is 12.4. The third-order valence-corrected chi connectivity index (χ3v) is 3.82. The van der Waals surface area contributed by atoms with Crippen molar-refractivity contribution < 1.29 is 9.53 Å². The highest BCUT2D eigenvalue weighted by Gasteiger charge is 2.14. The predicted molar refractivity (Wildman–Crippen MR) is 84.9 cm³/mol. The molecule has 0 saturated heterocycles. The smallest absolute Gasteiger partial charge is 0.168 e. The van der Waals surface area contributed by atoms with E-state index in [0.29, 0.717) is 16.3 Å². The Balaban J connectivity index is 2.30. The van der Waals surface area contributed by atoms with E-state index < -0.39 is 0 Å². The topological polar surface area (TPSA) is 26.3 Å². The van der Waals surface area contributed by atoms with Crippen LogP contribution in [0.2, 0.25) is 5.02 Å². The first kappa shape index (κ1) is 15.1. The average Bonchev–Trinajstić information content (AvgIpc) is 2.38. The maximum absolute atomic E-state index is 12.4. The lowest BCUT2D eigenvalue weighted by Crippen LogP contribution is -2.06. The van der Waals surface area contributed by atoms with Crippen LogP contribution in [0.15, 0.2) is 40.9 Å². The maximum Gasteiger partial charge on any atom is 0.168 e. The van der Waals surface area contributed by atoms with E-state index in [1.54, 1.807) is 19.2 Å². The summed E-state index contributed by atoms with van der Waals surface area (Å²) in [5.74, 6) is 0.677. The number of rotatable bonds is 4. The monoisotopic (exact) mass is 352 g/mol. The zero-order valence-electron chi connectivity index (χ0n) is 11.2. The molecular weight excluding hydrogens is 340 g/mol. The van der Waals surface area contributed by atoms with Gasteiger partial charge >= 0.3 is 0 Å². The Labute approximate surface area is 131 Å². The second-order valence-electron chi connectivity index (χ2n) is 4.54. The Morgan fingerprint density at radius 3 is 2.65 bits per heavy atom. The summed E-state index contributed by atoms with van der Waals surface area (Å²) in [6.07, 6.45) is 0.255. The standard InChI is InChI=1S/C16H14BrClO2/c1-10-3-5-13(14(18)7-10)15(19)9-11-8-12(17)4-6-16(11)20-2/h3-8H,9H2,1-2H3. The fourth-order valence-corrected chi connectivity index (χ4v) is 2.75. The van der Waals surface area contributed by atoms with Crippen LogP contribution >= 0.6 is 27.5 Å². The van der Waals surface area contributed by atoms with Crippen LogP contribution in [0.25, 0.3) is 0 Å². The summed E-state index contributed by atoms with van der Waals surface area (Å²) in [6.45, 7) is 1.94. The molecule has 2 aromatic carbocycles. The van der Waals surface area contributed by atoms with Gasteiger partial charge in [-0.2, -0.15) is 0 Å². The van der Waals surface area contributed by atoms with Crippen LogP contribution in [0.5, 0.6) is 5.75 Å². The van der Waals surface area contributed by atoms with Gasteiger partial charge in [-0.1, -0.05) is 33.6 Å². The summed E-state index contributed by atoms with van der Waals surface area (Å²) in [6, 6.07) is 11.1. The minimum Gasteiger partial charge on any atom is -0.496 e. The number of halogens is 2. The van der Waals surface area contributed by atoms with Gasteiger partial charge in [-0.3, -0.25) is 4.79 Å². The van der Waals surface area contributed by atoms with Gasteiger partial charge in [-0.05, 0) is 42.8 Å². The average molecular weight is 354 g/mol. The second kappa shape index (κ2) is 6.42.